The Kier molecular flexibility index (Phi) is 9.68. The van der Waals surface area contributed by atoms with E-state index in [0.29, 0.717) is 0 Å². The van der Waals surface area contributed by atoms with E-state index >= 15 is 0 Å². The van der Waals surface area contributed by atoms with Gasteiger partial charge in [-0.2, -0.15) is 0 Å². The second-order valence-electron chi connectivity index (χ2n) is 1.87. The molecule has 0 rings (SSSR count). The molecule has 0 saturated heterocycles. The topological polar surface area (TPSA) is 37.3 Å². The molecule has 0 spiro atoms. The Morgan fingerprint density at radius 3 is 2.22 bits per heavy atom. The molecule has 0 bridgehead atoms. The molecule has 9 heavy (non-hydrogen) atoms. The van der Waals surface area contributed by atoms with E-state index in [9.17, 15) is 4.79 Å². The fourth-order valence-corrected chi connectivity index (χ4v) is 0.266. The molecule has 0 amide bonds. The van der Waals surface area contributed by atoms with Crippen LogP contribution in [0.15, 0.2) is 12.3 Å². The van der Waals surface area contributed by atoms with E-state index in [1.807, 2.05) is 0 Å². The number of allylic oxidation sites excluding steroid dienone is 1. The van der Waals surface area contributed by atoms with Gasteiger partial charge in [0.05, 0.1) is 6.26 Å². The van der Waals surface area contributed by atoms with Crippen LogP contribution in [0.3, 0.4) is 0 Å². The number of hydrogen-bond donors (Lipinski definition) is 1. The largest absolute Gasteiger partial charge is 1.00 e. The van der Waals surface area contributed by atoms with E-state index in [4.69, 9.17) is 5.11 Å². The van der Waals surface area contributed by atoms with Crippen LogP contribution < -0.4 is 51.4 Å². The smallest absolute Gasteiger partial charge is 1.00 e. The molecule has 0 aliphatic carbocycles. The molecule has 0 aliphatic rings. The van der Waals surface area contributed by atoms with Gasteiger partial charge in [-0.15, -0.1) is 0 Å². The zero-order valence-corrected chi connectivity index (χ0v) is 9.21. The van der Waals surface area contributed by atoms with Crippen LogP contribution in [0.2, 0.25) is 0 Å². The molecule has 0 aliphatic heterocycles. The number of carbonyl (C=O) groups excluding carboxylic acids is 1. The van der Waals surface area contributed by atoms with Crippen LogP contribution in [0.1, 0.15) is 15.3 Å². The third-order valence-electron chi connectivity index (χ3n) is 0.808. The summed E-state index contributed by atoms with van der Waals surface area (Å²) in [5.41, 5.74) is 0. The van der Waals surface area contributed by atoms with Crippen molar-refractivity contribution in [2.75, 3.05) is 0 Å². The first-order chi connectivity index (χ1) is 3.68. The Morgan fingerprint density at radius 2 is 2.11 bits per heavy atom. The Balaban J connectivity index is -0.000000245. The summed E-state index contributed by atoms with van der Waals surface area (Å²) in [5.74, 6) is -0.0640. The molecule has 1 N–H and O–H groups in total. The van der Waals surface area contributed by atoms with Crippen molar-refractivity contribution >= 4 is 5.78 Å². The summed E-state index contributed by atoms with van der Waals surface area (Å²) in [6, 6.07) is 0. The van der Waals surface area contributed by atoms with Gasteiger partial charge in [0.25, 0.3) is 0 Å². The van der Waals surface area contributed by atoms with E-state index in [2.05, 4.69) is 0 Å². The van der Waals surface area contributed by atoms with Gasteiger partial charge in [-0.1, -0.05) is 13.8 Å². The monoisotopic (exact) mass is 154 g/mol. The molecule has 0 heterocycles. The summed E-state index contributed by atoms with van der Waals surface area (Å²) in [6.45, 7) is 3.56. The minimum atomic E-state index is -0.0486. The molecule has 0 aromatic carbocycles. The van der Waals surface area contributed by atoms with Crippen molar-refractivity contribution in [1.82, 2.24) is 0 Å². The van der Waals surface area contributed by atoms with E-state index in [1.54, 1.807) is 13.8 Å². The first-order valence-corrected chi connectivity index (χ1v) is 2.53. The molecule has 0 atom stereocenters. The minimum absolute atomic E-state index is 0. The standard InChI is InChI=1S/C6H10O2.K.H/c1-5(2)6(8)3-4-7;;/h3-5,7H,1-2H3;;/q;+1;-1/b4-3+;;. The van der Waals surface area contributed by atoms with E-state index < -0.39 is 0 Å². The average Bonchev–Trinajstić information content (AvgIpc) is 1.67. The second kappa shape index (κ2) is 6.96. The van der Waals surface area contributed by atoms with Gasteiger partial charge < -0.3 is 6.53 Å². The SMILES string of the molecule is CC(C)C(=O)/C=C/O.[H-].[K+]. The molecule has 0 radical (unpaired) electrons. The molecular weight excluding hydrogens is 143 g/mol. The molecule has 2 nitrogen and oxygen atoms in total. The number of aliphatic hydroxyl groups excluding tert-OH is 1. The van der Waals surface area contributed by atoms with Crippen molar-refractivity contribution in [2.45, 2.75) is 13.8 Å². The van der Waals surface area contributed by atoms with Crippen LogP contribution in [-0.4, -0.2) is 10.9 Å². The van der Waals surface area contributed by atoms with Gasteiger partial charge in [-0.05, 0) is 0 Å². The van der Waals surface area contributed by atoms with Crippen molar-refractivity contribution in [3.63, 3.8) is 0 Å². The molecule has 0 aromatic rings. The summed E-state index contributed by atoms with van der Waals surface area (Å²) in [6.07, 6.45) is 1.92. The third-order valence-corrected chi connectivity index (χ3v) is 0.808. The second-order valence-corrected chi connectivity index (χ2v) is 1.87. The fraction of sp³-hybridized carbons (Fsp3) is 0.500. The molecule has 3 heteroatoms. The maximum atomic E-state index is 10.5. The minimum Gasteiger partial charge on any atom is -1.00 e. The number of hydrogen-bond acceptors (Lipinski definition) is 2. The number of aliphatic hydroxyl groups is 1. The third kappa shape index (κ3) is 6.74. The molecule has 0 fully saturated rings. The van der Waals surface area contributed by atoms with Gasteiger partial charge in [-0.3, -0.25) is 4.79 Å². The van der Waals surface area contributed by atoms with E-state index in [-0.39, 0.29) is 64.5 Å². The number of rotatable bonds is 2. The van der Waals surface area contributed by atoms with Gasteiger partial charge in [0.1, 0.15) is 0 Å². The van der Waals surface area contributed by atoms with Crippen molar-refractivity contribution in [3.05, 3.63) is 12.3 Å². The summed E-state index contributed by atoms with van der Waals surface area (Å²) in [4.78, 5) is 10.5. The maximum absolute atomic E-state index is 10.5. The fourth-order valence-electron chi connectivity index (χ4n) is 0.266. The Hall–Kier alpha value is 0.846. The normalized spacial score (nSPS) is 9.67. The van der Waals surface area contributed by atoms with Crippen molar-refractivity contribution < 1.29 is 62.7 Å². The Bertz CT molecular complexity index is 112. The van der Waals surface area contributed by atoms with Crippen LogP contribution in [0.25, 0.3) is 0 Å². The summed E-state index contributed by atoms with van der Waals surface area (Å²) in [5, 5.41) is 8.08. The molecule has 0 unspecified atom stereocenters. The van der Waals surface area contributed by atoms with E-state index in [0.717, 1.165) is 12.3 Å². The number of ketones is 1. The predicted octanol–water partition coefficient (Wildman–Crippen LogP) is -1.60. The quantitative estimate of drug-likeness (QED) is 0.295. The van der Waals surface area contributed by atoms with Crippen molar-refractivity contribution in [1.29, 1.82) is 0 Å². The van der Waals surface area contributed by atoms with Crippen molar-refractivity contribution in [2.24, 2.45) is 5.92 Å². The van der Waals surface area contributed by atoms with Crippen molar-refractivity contribution in [3.8, 4) is 0 Å². The average molecular weight is 154 g/mol. The number of carbonyl (C=O) groups is 1. The first-order valence-electron chi connectivity index (χ1n) is 2.53. The first kappa shape index (κ1) is 12.5. The Labute approximate surface area is 99.2 Å². The van der Waals surface area contributed by atoms with Gasteiger partial charge in [-0.25, -0.2) is 0 Å². The molecule has 0 saturated carbocycles. The van der Waals surface area contributed by atoms with Crippen LogP contribution in [0, 0.1) is 5.92 Å². The van der Waals surface area contributed by atoms with Crippen LogP contribution in [0.4, 0.5) is 0 Å². The van der Waals surface area contributed by atoms with Gasteiger partial charge in [0.15, 0.2) is 5.78 Å². The predicted molar refractivity (Wildman–Crippen MR) is 32.7 cm³/mol. The van der Waals surface area contributed by atoms with Crippen LogP contribution in [0.5, 0.6) is 0 Å². The van der Waals surface area contributed by atoms with Gasteiger partial charge in [0, 0.05) is 12.0 Å². The molecular formula is C6H11KO2. The van der Waals surface area contributed by atoms with Crippen LogP contribution >= 0.6 is 0 Å². The Morgan fingerprint density at radius 1 is 1.67 bits per heavy atom. The molecule has 0 aromatic heterocycles. The van der Waals surface area contributed by atoms with E-state index in [1.165, 1.54) is 0 Å². The van der Waals surface area contributed by atoms with Gasteiger partial charge in [0.2, 0.25) is 0 Å². The van der Waals surface area contributed by atoms with Gasteiger partial charge >= 0.3 is 51.4 Å². The molecule has 48 valence electrons. The maximum Gasteiger partial charge on any atom is 1.00 e. The zero-order chi connectivity index (χ0) is 6.57. The summed E-state index contributed by atoms with van der Waals surface area (Å²) < 4.78 is 0. The zero-order valence-electron chi connectivity index (χ0n) is 7.09. The summed E-state index contributed by atoms with van der Waals surface area (Å²) in [7, 11) is 0. The van der Waals surface area contributed by atoms with Crippen LogP contribution in [-0.2, 0) is 4.79 Å². The summed E-state index contributed by atoms with van der Waals surface area (Å²) >= 11 is 0.